The summed E-state index contributed by atoms with van der Waals surface area (Å²) < 4.78 is 14.3. The molecule has 1 atom stereocenters. The van der Waals surface area contributed by atoms with Gasteiger partial charge in [0.1, 0.15) is 5.75 Å². The van der Waals surface area contributed by atoms with Crippen molar-refractivity contribution >= 4 is 28.4 Å². The lowest BCUT2D eigenvalue weighted by molar-refractivity contribution is 0.102. The van der Waals surface area contributed by atoms with Gasteiger partial charge < -0.3 is 14.0 Å². The minimum Gasteiger partial charge on any atom is -0.497 e. The van der Waals surface area contributed by atoms with Crippen molar-refractivity contribution in [2.75, 3.05) is 26.6 Å². The Kier molecular flexibility index (Phi) is 7.42. The van der Waals surface area contributed by atoms with Gasteiger partial charge in [0, 0.05) is 30.1 Å². The van der Waals surface area contributed by atoms with Crippen LogP contribution in [0.2, 0.25) is 0 Å². The molecule has 0 unspecified atom stereocenters. The maximum absolute atomic E-state index is 13.5. The molecule has 0 fully saturated rings. The molecular formula is C27H29N3O4S. The molecule has 0 spiro atoms. The number of thioether (sulfide) groups is 1. The lowest BCUT2D eigenvalue weighted by atomic mass is 10.2. The lowest BCUT2D eigenvalue weighted by Gasteiger charge is -2.17. The molecule has 0 bridgehead atoms. The molecule has 0 radical (unpaired) electrons. The number of nitrogens with zero attached hydrogens (tertiary/aromatic N) is 3. The fraction of sp³-hybridized carbons (Fsp3) is 0.296. The predicted octanol–water partition coefficient (Wildman–Crippen LogP) is 5.00. The highest BCUT2D eigenvalue weighted by Crippen LogP contribution is 2.26. The molecule has 4 rings (SSSR count). The van der Waals surface area contributed by atoms with E-state index in [0.29, 0.717) is 39.7 Å². The summed E-state index contributed by atoms with van der Waals surface area (Å²) in [5, 5.41) is 0.971. The number of hydrogen-bond acceptors (Lipinski definition) is 6. The molecule has 35 heavy (non-hydrogen) atoms. The topological polar surface area (TPSA) is 75.4 Å². The molecule has 182 valence electrons. The van der Waals surface area contributed by atoms with E-state index in [9.17, 15) is 9.59 Å². The summed E-state index contributed by atoms with van der Waals surface area (Å²) in [5.41, 5.74) is 3.64. The Morgan fingerprint density at radius 3 is 2.60 bits per heavy atom. The van der Waals surface area contributed by atoms with E-state index in [1.807, 2.05) is 56.3 Å². The Balaban J connectivity index is 1.71. The van der Waals surface area contributed by atoms with Gasteiger partial charge in [0.2, 0.25) is 0 Å². The number of methoxy groups -OCH3 is 2. The van der Waals surface area contributed by atoms with Crippen molar-refractivity contribution in [1.29, 1.82) is 0 Å². The van der Waals surface area contributed by atoms with Crippen molar-refractivity contribution in [3.63, 3.8) is 0 Å². The van der Waals surface area contributed by atoms with Crippen LogP contribution in [0.3, 0.4) is 0 Å². The highest BCUT2D eigenvalue weighted by atomic mass is 32.2. The van der Waals surface area contributed by atoms with Gasteiger partial charge in [-0.15, -0.1) is 0 Å². The van der Waals surface area contributed by atoms with E-state index in [1.165, 1.54) is 11.8 Å². The van der Waals surface area contributed by atoms with Gasteiger partial charge in [-0.25, -0.2) is 4.98 Å². The van der Waals surface area contributed by atoms with Crippen LogP contribution in [0, 0.1) is 13.8 Å². The first-order chi connectivity index (χ1) is 16.8. The summed E-state index contributed by atoms with van der Waals surface area (Å²) in [7, 11) is 3.25. The highest BCUT2D eigenvalue weighted by molar-refractivity contribution is 7.99. The molecule has 2 aromatic carbocycles. The van der Waals surface area contributed by atoms with E-state index in [1.54, 1.807) is 30.9 Å². The van der Waals surface area contributed by atoms with Crippen molar-refractivity contribution in [2.45, 2.75) is 32.0 Å². The Hall–Kier alpha value is -3.36. The van der Waals surface area contributed by atoms with Crippen LogP contribution in [0.1, 0.15) is 34.7 Å². The van der Waals surface area contributed by atoms with E-state index >= 15 is 0 Å². The van der Waals surface area contributed by atoms with Crippen molar-refractivity contribution < 1.29 is 14.3 Å². The molecule has 0 aliphatic heterocycles. The number of hydrogen-bond donors (Lipinski definition) is 0. The molecule has 0 saturated carbocycles. The third-order valence-electron chi connectivity index (χ3n) is 6.02. The van der Waals surface area contributed by atoms with Gasteiger partial charge in [0.05, 0.1) is 42.1 Å². The number of carbonyl (C=O) groups is 1. The second kappa shape index (κ2) is 10.5. The molecule has 0 amide bonds. The zero-order chi connectivity index (χ0) is 25.1. The van der Waals surface area contributed by atoms with Crippen LogP contribution in [0.4, 0.5) is 0 Å². The number of Topliss-reactive ketones (excluding diaryl/α,β-unsaturated/α-hetero) is 1. The van der Waals surface area contributed by atoms with Crippen molar-refractivity contribution in [1.82, 2.24) is 14.1 Å². The molecule has 2 aromatic heterocycles. The fourth-order valence-electron chi connectivity index (χ4n) is 4.45. The van der Waals surface area contributed by atoms with Gasteiger partial charge in [-0.2, -0.15) is 0 Å². The van der Waals surface area contributed by atoms with E-state index in [2.05, 4.69) is 11.5 Å². The van der Waals surface area contributed by atoms with Crippen LogP contribution in [-0.2, 0) is 4.74 Å². The minimum absolute atomic E-state index is 0.0152. The molecule has 0 aliphatic rings. The van der Waals surface area contributed by atoms with Gasteiger partial charge >= 0.3 is 0 Å². The third kappa shape index (κ3) is 4.90. The maximum atomic E-state index is 13.5. The summed E-state index contributed by atoms with van der Waals surface area (Å²) in [6.07, 6.45) is 0. The average molecular weight is 492 g/mol. The highest BCUT2D eigenvalue weighted by Gasteiger charge is 2.21. The monoisotopic (exact) mass is 491 g/mol. The smallest absolute Gasteiger partial charge is 0.266 e. The van der Waals surface area contributed by atoms with Crippen LogP contribution >= 0.6 is 11.8 Å². The van der Waals surface area contributed by atoms with Crippen molar-refractivity contribution in [2.24, 2.45) is 0 Å². The molecule has 2 heterocycles. The Bertz CT molecular complexity index is 1440. The zero-order valence-electron chi connectivity index (χ0n) is 20.6. The van der Waals surface area contributed by atoms with Gasteiger partial charge in [-0.05, 0) is 51.1 Å². The Labute approximate surface area is 208 Å². The number of fused-ring (bicyclic) bond motifs is 1. The van der Waals surface area contributed by atoms with Gasteiger partial charge in [-0.3, -0.25) is 14.2 Å². The fourth-order valence-corrected chi connectivity index (χ4v) is 5.34. The summed E-state index contributed by atoms with van der Waals surface area (Å²) in [4.78, 5) is 31.5. The summed E-state index contributed by atoms with van der Waals surface area (Å²) >= 11 is 1.26. The molecule has 0 saturated heterocycles. The molecule has 0 aliphatic carbocycles. The number of aryl methyl sites for hydroxylation is 1. The van der Waals surface area contributed by atoms with Gasteiger partial charge in [0.15, 0.2) is 10.9 Å². The normalized spacial score (nSPS) is 12.1. The van der Waals surface area contributed by atoms with Gasteiger partial charge in [0.25, 0.3) is 5.56 Å². The van der Waals surface area contributed by atoms with Crippen molar-refractivity contribution in [3.8, 4) is 11.4 Å². The standard InChI is InChI=1S/C27H29N3O4S/c1-17-13-23(19(3)29(17)18(2)15-33-4)25(31)16-35-27-28-24-12-7-6-11-22(24)26(32)30(27)20-9-8-10-21(14-20)34-5/h6-14,18H,15-16H2,1-5H3/t18-/m0/s1. The lowest BCUT2D eigenvalue weighted by Crippen LogP contribution is -2.22. The van der Waals surface area contributed by atoms with Crippen LogP contribution in [0.5, 0.6) is 5.75 Å². The number of rotatable bonds is 9. The molecule has 4 aromatic rings. The van der Waals surface area contributed by atoms with Gasteiger partial charge in [-0.1, -0.05) is 30.0 Å². The number of ketones is 1. The quantitative estimate of drug-likeness (QED) is 0.186. The number of aromatic nitrogens is 3. The van der Waals surface area contributed by atoms with Crippen LogP contribution in [0.25, 0.3) is 16.6 Å². The van der Waals surface area contributed by atoms with E-state index in [4.69, 9.17) is 14.5 Å². The third-order valence-corrected chi connectivity index (χ3v) is 6.96. The van der Waals surface area contributed by atoms with Crippen LogP contribution in [0.15, 0.2) is 64.5 Å². The molecule has 0 N–H and O–H groups in total. The SMILES string of the molecule is COC[C@H](C)n1c(C)cc(C(=O)CSc2nc3ccccc3c(=O)n2-c2cccc(OC)c2)c1C. The Morgan fingerprint density at radius 2 is 1.86 bits per heavy atom. The largest absolute Gasteiger partial charge is 0.497 e. The minimum atomic E-state index is -0.189. The molecular weight excluding hydrogens is 462 g/mol. The van der Waals surface area contributed by atoms with Crippen LogP contribution < -0.4 is 10.3 Å². The zero-order valence-corrected chi connectivity index (χ0v) is 21.4. The maximum Gasteiger partial charge on any atom is 0.266 e. The average Bonchev–Trinajstić information content (AvgIpc) is 3.16. The number of para-hydroxylation sites is 1. The second-order valence-corrected chi connectivity index (χ2v) is 9.37. The first-order valence-electron chi connectivity index (χ1n) is 11.3. The summed E-state index contributed by atoms with van der Waals surface area (Å²) in [6.45, 7) is 6.58. The molecule has 7 nitrogen and oxygen atoms in total. The van der Waals surface area contributed by atoms with Crippen molar-refractivity contribution in [3.05, 3.63) is 81.9 Å². The van der Waals surface area contributed by atoms with E-state index in [-0.39, 0.29) is 23.1 Å². The second-order valence-electron chi connectivity index (χ2n) is 8.42. The summed E-state index contributed by atoms with van der Waals surface area (Å²) in [5.74, 6) is 0.767. The Morgan fingerprint density at radius 1 is 1.09 bits per heavy atom. The summed E-state index contributed by atoms with van der Waals surface area (Å²) in [6, 6.07) is 16.5. The first kappa shape index (κ1) is 24.8. The van der Waals surface area contributed by atoms with E-state index in [0.717, 1.165) is 11.4 Å². The predicted molar refractivity (Wildman–Crippen MR) is 139 cm³/mol. The molecule has 8 heteroatoms. The van der Waals surface area contributed by atoms with E-state index < -0.39 is 0 Å². The number of benzene rings is 2. The first-order valence-corrected chi connectivity index (χ1v) is 12.3. The number of ether oxygens (including phenoxy) is 2. The van der Waals surface area contributed by atoms with Crippen LogP contribution in [-0.4, -0.2) is 46.5 Å². The number of carbonyl (C=O) groups excluding carboxylic acids is 1.